The smallest absolute Gasteiger partial charge is 0.262 e. The number of ether oxygens (including phenoxy) is 1. The van der Waals surface area contributed by atoms with Gasteiger partial charge in [-0.3, -0.25) is 9.59 Å². The molecule has 8 heteroatoms. The second-order valence-electron chi connectivity index (χ2n) is 4.64. The van der Waals surface area contributed by atoms with Crippen molar-refractivity contribution in [2.75, 3.05) is 12.4 Å². The highest BCUT2D eigenvalue weighted by molar-refractivity contribution is 9.11. The summed E-state index contributed by atoms with van der Waals surface area (Å²) in [6.45, 7) is 1.61. The second kappa shape index (κ2) is 7.81. The number of amides is 2. The van der Waals surface area contributed by atoms with E-state index >= 15 is 0 Å². The molecule has 1 aromatic carbocycles. The molecule has 0 aliphatic heterocycles. The molecule has 0 fully saturated rings. The number of hydrogen-bond acceptors (Lipinski definition) is 4. The van der Waals surface area contributed by atoms with Crippen LogP contribution < -0.4 is 15.4 Å². The Morgan fingerprint density at radius 2 is 2.04 bits per heavy atom. The van der Waals surface area contributed by atoms with E-state index in [0.717, 1.165) is 3.79 Å². The molecular weight excluding hydrogens is 404 g/mol. The molecule has 2 aromatic rings. The number of rotatable bonds is 5. The zero-order chi connectivity index (χ0) is 17.0. The van der Waals surface area contributed by atoms with Crippen molar-refractivity contribution in [3.63, 3.8) is 0 Å². The molecule has 0 spiro atoms. The van der Waals surface area contributed by atoms with Crippen molar-refractivity contribution < 1.29 is 14.3 Å². The van der Waals surface area contributed by atoms with Crippen LogP contribution in [0.3, 0.4) is 0 Å². The molecule has 1 unspecified atom stereocenters. The molecule has 23 heavy (non-hydrogen) atoms. The largest absolute Gasteiger partial charge is 0.495 e. The van der Waals surface area contributed by atoms with Gasteiger partial charge in [-0.05, 0) is 53.2 Å². The quantitative estimate of drug-likeness (QED) is 0.774. The van der Waals surface area contributed by atoms with Gasteiger partial charge in [0.1, 0.15) is 11.8 Å². The van der Waals surface area contributed by atoms with E-state index in [2.05, 4.69) is 26.6 Å². The number of nitrogens with one attached hydrogen (secondary N) is 2. The SMILES string of the molecule is COc1ccc(NC(=O)C(C)NC(=O)c2ccc(Br)s2)cc1Cl. The van der Waals surface area contributed by atoms with E-state index in [1.165, 1.54) is 18.4 Å². The maximum atomic E-state index is 12.1. The van der Waals surface area contributed by atoms with Crippen molar-refractivity contribution in [1.29, 1.82) is 0 Å². The van der Waals surface area contributed by atoms with E-state index in [1.807, 2.05) is 0 Å². The lowest BCUT2D eigenvalue weighted by Crippen LogP contribution is -2.41. The Morgan fingerprint density at radius 3 is 2.61 bits per heavy atom. The Morgan fingerprint density at radius 1 is 1.30 bits per heavy atom. The van der Waals surface area contributed by atoms with Gasteiger partial charge in [0.25, 0.3) is 5.91 Å². The average molecular weight is 418 g/mol. The predicted octanol–water partition coefficient (Wildman–Crippen LogP) is 3.93. The number of methoxy groups -OCH3 is 1. The lowest BCUT2D eigenvalue weighted by Gasteiger charge is -2.14. The van der Waals surface area contributed by atoms with E-state index in [-0.39, 0.29) is 11.8 Å². The zero-order valence-corrected chi connectivity index (χ0v) is 15.5. The summed E-state index contributed by atoms with van der Waals surface area (Å²) in [5, 5.41) is 5.74. The van der Waals surface area contributed by atoms with Gasteiger partial charge in [-0.15, -0.1) is 11.3 Å². The van der Waals surface area contributed by atoms with E-state index in [0.29, 0.717) is 21.3 Å². The molecule has 1 aromatic heterocycles. The first-order valence-electron chi connectivity index (χ1n) is 6.61. The van der Waals surface area contributed by atoms with Crippen molar-refractivity contribution in [3.8, 4) is 5.75 Å². The van der Waals surface area contributed by atoms with Crippen molar-refractivity contribution in [2.45, 2.75) is 13.0 Å². The molecule has 0 radical (unpaired) electrons. The molecule has 0 saturated carbocycles. The molecule has 122 valence electrons. The molecule has 0 aliphatic carbocycles. The van der Waals surface area contributed by atoms with Crippen LogP contribution in [0.5, 0.6) is 5.75 Å². The molecule has 5 nitrogen and oxygen atoms in total. The summed E-state index contributed by atoms with van der Waals surface area (Å²) in [5.41, 5.74) is 0.528. The summed E-state index contributed by atoms with van der Waals surface area (Å²) < 4.78 is 5.91. The van der Waals surface area contributed by atoms with Crippen LogP contribution in [0.25, 0.3) is 0 Å². The van der Waals surface area contributed by atoms with Gasteiger partial charge in [-0.25, -0.2) is 0 Å². The minimum atomic E-state index is -0.691. The van der Waals surface area contributed by atoms with E-state index in [9.17, 15) is 9.59 Å². The van der Waals surface area contributed by atoms with Crippen LogP contribution in [0.4, 0.5) is 5.69 Å². The Kier molecular flexibility index (Phi) is 6.04. The highest BCUT2D eigenvalue weighted by Crippen LogP contribution is 2.27. The van der Waals surface area contributed by atoms with Gasteiger partial charge in [0.2, 0.25) is 5.91 Å². The number of benzene rings is 1. The van der Waals surface area contributed by atoms with Crippen molar-refractivity contribution in [3.05, 3.63) is 44.0 Å². The third-order valence-corrected chi connectivity index (χ3v) is 4.87. The van der Waals surface area contributed by atoms with Crippen molar-refractivity contribution in [1.82, 2.24) is 5.32 Å². The third kappa shape index (κ3) is 4.70. The molecule has 0 saturated heterocycles. The predicted molar refractivity (Wildman–Crippen MR) is 95.6 cm³/mol. The first kappa shape index (κ1) is 17.8. The van der Waals surface area contributed by atoms with Crippen LogP contribution in [0.1, 0.15) is 16.6 Å². The summed E-state index contributed by atoms with van der Waals surface area (Å²) in [5.74, 6) is -0.111. The Hall–Kier alpha value is -1.57. The van der Waals surface area contributed by atoms with Crippen LogP contribution in [-0.2, 0) is 4.79 Å². The van der Waals surface area contributed by atoms with Gasteiger partial charge in [0.15, 0.2) is 0 Å². The maximum Gasteiger partial charge on any atom is 0.262 e. The minimum absolute atomic E-state index is 0.295. The molecular formula is C15H14BrClN2O3S. The van der Waals surface area contributed by atoms with E-state index < -0.39 is 6.04 Å². The highest BCUT2D eigenvalue weighted by Gasteiger charge is 2.18. The molecule has 2 rings (SSSR count). The van der Waals surface area contributed by atoms with Crippen molar-refractivity contribution in [2.24, 2.45) is 0 Å². The minimum Gasteiger partial charge on any atom is -0.495 e. The number of thiophene rings is 1. The van der Waals surface area contributed by atoms with Crippen LogP contribution in [0.2, 0.25) is 5.02 Å². The molecule has 2 N–H and O–H groups in total. The average Bonchev–Trinajstić information content (AvgIpc) is 2.94. The summed E-state index contributed by atoms with van der Waals surface area (Å²) >= 11 is 10.6. The van der Waals surface area contributed by atoms with E-state index in [4.69, 9.17) is 16.3 Å². The van der Waals surface area contributed by atoms with Gasteiger partial charge in [-0.1, -0.05) is 11.6 Å². The molecule has 0 bridgehead atoms. The van der Waals surface area contributed by atoms with Crippen LogP contribution in [-0.4, -0.2) is 25.0 Å². The summed E-state index contributed by atoms with van der Waals surface area (Å²) in [7, 11) is 1.51. The number of anilines is 1. The summed E-state index contributed by atoms with van der Waals surface area (Å²) in [6.07, 6.45) is 0. The van der Waals surface area contributed by atoms with Crippen molar-refractivity contribution >= 4 is 56.4 Å². The Labute approximate surface area is 151 Å². The number of hydrogen-bond donors (Lipinski definition) is 2. The highest BCUT2D eigenvalue weighted by atomic mass is 79.9. The first-order valence-corrected chi connectivity index (χ1v) is 8.60. The summed E-state index contributed by atoms with van der Waals surface area (Å²) in [4.78, 5) is 24.7. The topological polar surface area (TPSA) is 67.4 Å². The Bertz CT molecular complexity index is 735. The van der Waals surface area contributed by atoms with Gasteiger partial charge < -0.3 is 15.4 Å². The standard InChI is InChI=1S/C15H14BrClN2O3S/c1-8(18-15(21)12-5-6-13(16)23-12)14(20)19-9-3-4-11(22-2)10(17)7-9/h3-8H,1-2H3,(H,18,21)(H,19,20). The normalized spacial score (nSPS) is 11.7. The van der Waals surface area contributed by atoms with Gasteiger partial charge in [-0.2, -0.15) is 0 Å². The molecule has 1 heterocycles. The second-order valence-corrected chi connectivity index (χ2v) is 7.51. The lowest BCUT2D eigenvalue weighted by atomic mass is 10.2. The number of carbonyl (C=O) groups excluding carboxylic acids is 2. The maximum absolute atomic E-state index is 12.1. The van der Waals surface area contributed by atoms with E-state index in [1.54, 1.807) is 37.3 Å². The summed E-state index contributed by atoms with van der Waals surface area (Å²) in [6, 6.07) is 7.70. The first-order chi connectivity index (χ1) is 10.9. The van der Waals surface area contributed by atoms with Gasteiger partial charge in [0, 0.05) is 5.69 Å². The fraction of sp³-hybridized carbons (Fsp3) is 0.200. The zero-order valence-electron chi connectivity index (χ0n) is 12.4. The van der Waals surface area contributed by atoms with Crippen LogP contribution >= 0.6 is 38.9 Å². The van der Waals surface area contributed by atoms with Gasteiger partial charge in [0.05, 0.1) is 20.8 Å². The molecule has 2 amide bonds. The molecule has 1 atom stereocenters. The molecule has 0 aliphatic rings. The fourth-order valence-electron chi connectivity index (χ4n) is 1.76. The lowest BCUT2D eigenvalue weighted by molar-refractivity contribution is -0.117. The number of carbonyl (C=O) groups is 2. The van der Waals surface area contributed by atoms with Crippen LogP contribution in [0.15, 0.2) is 34.1 Å². The van der Waals surface area contributed by atoms with Crippen LogP contribution in [0, 0.1) is 0 Å². The Balaban J connectivity index is 1.97. The third-order valence-electron chi connectivity index (χ3n) is 2.96. The fourth-order valence-corrected chi connectivity index (χ4v) is 3.31. The number of halogens is 2. The van der Waals surface area contributed by atoms with Gasteiger partial charge >= 0.3 is 0 Å². The monoisotopic (exact) mass is 416 g/mol.